The minimum absolute atomic E-state index is 0.0597. The van der Waals surface area contributed by atoms with Crippen LogP contribution in [0.15, 0.2) is 22.7 Å². The molecule has 0 unspecified atom stereocenters. The van der Waals surface area contributed by atoms with Gasteiger partial charge in [-0.05, 0) is 23.5 Å². The summed E-state index contributed by atoms with van der Waals surface area (Å²) in [6.07, 6.45) is 0. The van der Waals surface area contributed by atoms with Crippen molar-refractivity contribution in [1.29, 1.82) is 0 Å². The van der Waals surface area contributed by atoms with Gasteiger partial charge in [0.25, 0.3) is 5.91 Å². The van der Waals surface area contributed by atoms with E-state index in [2.05, 4.69) is 48.9 Å². The lowest BCUT2D eigenvalue weighted by atomic mass is 9.81. The number of halogens is 1. The van der Waals surface area contributed by atoms with Gasteiger partial charge in [-0.15, -0.1) is 11.3 Å². The number of amides is 1. The van der Waals surface area contributed by atoms with Gasteiger partial charge >= 0.3 is 0 Å². The maximum absolute atomic E-state index is 12.4. The second-order valence-corrected chi connectivity index (χ2v) is 8.28. The van der Waals surface area contributed by atoms with Crippen LogP contribution in [0, 0.1) is 11.3 Å². The second kappa shape index (κ2) is 5.97. The number of hydrogen-bond acceptors (Lipinski definition) is 3. The van der Waals surface area contributed by atoms with E-state index in [0.717, 1.165) is 14.6 Å². The van der Waals surface area contributed by atoms with E-state index in [9.17, 15) is 4.79 Å². The summed E-state index contributed by atoms with van der Waals surface area (Å²) in [4.78, 5) is 13.0. The van der Waals surface area contributed by atoms with Crippen LogP contribution in [0.2, 0.25) is 0 Å². The fraction of sp³-hybridized carbons (Fsp3) is 0.438. The molecule has 1 aromatic heterocycles. The van der Waals surface area contributed by atoms with Crippen molar-refractivity contribution in [3.8, 4) is 0 Å². The minimum Gasteiger partial charge on any atom is -0.397 e. The highest BCUT2D eigenvalue weighted by Crippen LogP contribution is 2.35. The number of thiophene rings is 1. The molecule has 0 aliphatic rings. The number of benzene rings is 1. The molecule has 2 aromatic rings. The van der Waals surface area contributed by atoms with Crippen LogP contribution in [0.4, 0.5) is 5.69 Å². The van der Waals surface area contributed by atoms with Crippen molar-refractivity contribution in [1.82, 2.24) is 5.32 Å². The topological polar surface area (TPSA) is 55.1 Å². The molecule has 114 valence electrons. The van der Waals surface area contributed by atoms with Crippen LogP contribution in [-0.2, 0) is 0 Å². The van der Waals surface area contributed by atoms with Crippen molar-refractivity contribution in [3.05, 3.63) is 27.5 Å². The predicted octanol–water partition coefficient (Wildman–Crippen LogP) is 4.66. The summed E-state index contributed by atoms with van der Waals surface area (Å²) in [5.41, 5.74) is 6.75. The van der Waals surface area contributed by atoms with E-state index < -0.39 is 0 Å². The Kier molecular flexibility index (Phi) is 4.63. The standard InChI is InChI=1S/C16H21BrN2OS/c1-9(2)16(3,4)8-19-15(20)14-13(18)11-6-5-10(17)7-12(11)21-14/h5-7,9H,8,18H2,1-4H3,(H,19,20). The lowest BCUT2D eigenvalue weighted by Crippen LogP contribution is -2.36. The Morgan fingerprint density at radius 1 is 1.43 bits per heavy atom. The molecule has 1 amide bonds. The summed E-state index contributed by atoms with van der Waals surface area (Å²) in [5, 5.41) is 3.96. The van der Waals surface area contributed by atoms with E-state index in [1.165, 1.54) is 11.3 Å². The summed E-state index contributed by atoms with van der Waals surface area (Å²) < 4.78 is 2.01. The van der Waals surface area contributed by atoms with E-state index >= 15 is 0 Å². The highest BCUT2D eigenvalue weighted by Gasteiger charge is 2.24. The average molecular weight is 369 g/mol. The quantitative estimate of drug-likeness (QED) is 0.824. The molecule has 1 aromatic carbocycles. The Morgan fingerprint density at radius 2 is 2.10 bits per heavy atom. The van der Waals surface area contributed by atoms with E-state index in [4.69, 9.17) is 5.73 Å². The lowest BCUT2D eigenvalue weighted by molar-refractivity contribution is 0.0930. The third kappa shape index (κ3) is 3.40. The monoisotopic (exact) mass is 368 g/mol. The van der Waals surface area contributed by atoms with E-state index in [0.29, 0.717) is 23.0 Å². The van der Waals surface area contributed by atoms with Crippen molar-refractivity contribution in [2.24, 2.45) is 11.3 Å². The first-order valence-corrected chi connectivity index (χ1v) is 8.59. The summed E-state index contributed by atoms with van der Waals surface area (Å²) in [7, 11) is 0. The molecular formula is C16H21BrN2OS. The van der Waals surface area contributed by atoms with Gasteiger partial charge in [0.1, 0.15) is 4.88 Å². The molecule has 21 heavy (non-hydrogen) atoms. The van der Waals surface area contributed by atoms with Gasteiger partial charge in [-0.3, -0.25) is 4.79 Å². The zero-order chi connectivity index (χ0) is 15.8. The Labute approximate surface area is 138 Å². The maximum Gasteiger partial charge on any atom is 0.263 e. The lowest BCUT2D eigenvalue weighted by Gasteiger charge is -2.29. The van der Waals surface area contributed by atoms with Crippen LogP contribution in [0.3, 0.4) is 0 Å². The third-order valence-electron chi connectivity index (χ3n) is 4.16. The third-order valence-corrected chi connectivity index (χ3v) is 5.82. The minimum atomic E-state index is -0.0847. The van der Waals surface area contributed by atoms with Gasteiger partial charge in [-0.1, -0.05) is 49.7 Å². The Balaban J connectivity index is 2.22. The number of nitrogens with one attached hydrogen (secondary N) is 1. The van der Waals surface area contributed by atoms with Crippen LogP contribution < -0.4 is 11.1 Å². The van der Waals surface area contributed by atoms with Crippen LogP contribution >= 0.6 is 27.3 Å². The summed E-state index contributed by atoms with van der Waals surface area (Å²) in [6.45, 7) is 9.28. The molecule has 5 heteroatoms. The smallest absolute Gasteiger partial charge is 0.263 e. The van der Waals surface area contributed by atoms with E-state index in [1.54, 1.807) is 0 Å². The summed E-state index contributed by atoms with van der Waals surface area (Å²) >= 11 is 4.88. The highest BCUT2D eigenvalue weighted by molar-refractivity contribution is 9.10. The second-order valence-electron chi connectivity index (χ2n) is 6.31. The number of nitrogen functional groups attached to an aromatic ring is 1. The Bertz CT molecular complexity index is 676. The molecule has 0 aliphatic carbocycles. The van der Waals surface area contributed by atoms with Crippen LogP contribution in [0.25, 0.3) is 10.1 Å². The van der Waals surface area contributed by atoms with Crippen molar-refractivity contribution in [2.75, 3.05) is 12.3 Å². The number of hydrogen-bond donors (Lipinski definition) is 2. The first kappa shape index (κ1) is 16.3. The molecule has 0 saturated heterocycles. The average Bonchev–Trinajstić information content (AvgIpc) is 2.72. The molecule has 0 aliphatic heterocycles. The number of anilines is 1. The highest BCUT2D eigenvalue weighted by atomic mass is 79.9. The van der Waals surface area contributed by atoms with Crippen molar-refractivity contribution in [3.63, 3.8) is 0 Å². The summed E-state index contributed by atoms with van der Waals surface area (Å²) in [5.74, 6) is 0.409. The zero-order valence-corrected chi connectivity index (χ0v) is 15.2. The molecular weight excluding hydrogens is 348 g/mol. The van der Waals surface area contributed by atoms with E-state index in [-0.39, 0.29) is 11.3 Å². The van der Waals surface area contributed by atoms with Gasteiger partial charge in [0.2, 0.25) is 0 Å². The number of carbonyl (C=O) groups is 1. The number of nitrogens with two attached hydrogens (primary N) is 1. The largest absolute Gasteiger partial charge is 0.397 e. The van der Waals surface area contributed by atoms with Crippen molar-refractivity contribution < 1.29 is 4.79 Å². The normalized spacial score (nSPS) is 12.1. The Hall–Kier alpha value is -1.07. The fourth-order valence-electron chi connectivity index (χ4n) is 1.85. The van der Waals surface area contributed by atoms with Crippen molar-refractivity contribution in [2.45, 2.75) is 27.7 Å². The van der Waals surface area contributed by atoms with Crippen LogP contribution in [0.1, 0.15) is 37.4 Å². The van der Waals surface area contributed by atoms with Gasteiger partial charge in [0, 0.05) is 21.1 Å². The van der Waals surface area contributed by atoms with Gasteiger partial charge < -0.3 is 11.1 Å². The Morgan fingerprint density at radius 3 is 2.71 bits per heavy atom. The molecule has 2 rings (SSSR count). The molecule has 1 heterocycles. The predicted molar refractivity (Wildman–Crippen MR) is 94.9 cm³/mol. The maximum atomic E-state index is 12.4. The molecule has 0 atom stereocenters. The SMILES string of the molecule is CC(C)C(C)(C)CNC(=O)c1sc2cc(Br)ccc2c1N. The molecule has 3 N–H and O–H groups in total. The zero-order valence-electron chi connectivity index (χ0n) is 12.8. The van der Waals surface area contributed by atoms with Gasteiger partial charge in [0.15, 0.2) is 0 Å². The molecule has 0 spiro atoms. The van der Waals surface area contributed by atoms with Crippen LogP contribution in [-0.4, -0.2) is 12.5 Å². The van der Waals surface area contributed by atoms with E-state index in [1.807, 2.05) is 18.2 Å². The molecule has 0 bridgehead atoms. The van der Waals surface area contributed by atoms with Crippen molar-refractivity contribution >= 4 is 48.9 Å². The number of rotatable bonds is 4. The first-order chi connectivity index (χ1) is 9.72. The van der Waals surface area contributed by atoms with Gasteiger partial charge in [-0.2, -0.15) is 0 Å². The first-order valence-electron chi connectivity index (χ1n) is 6.98. The van der Waals surface area contributed by atoms with Gasteiger partial charge in [-0.25, -0.2) is 0 Å². The number of fused-ring (bicyclic) bond motifs is 1. The summed E-state index contributed by atoms with van der Waals surface area (Å²) in [6, 6.07) is 5.88. The molecule has 0 fully saturated rings. The van der Waals surface area contributed by atoms with Crippen LogP contribution in [0.5, 0.6) is 0 Å². The number of carbonyl (C=O) groups excluding carboxylic acids is 1. The fourth-order valence-corrected chi connectivity index (χ4v) is 3.44. The molecule has 3 nitrogen and oxygen atoms in total. The van der Waals surface area contributed by atoms with Gasteiger partial charge in [0.05, 0.1) is 5.69 Å². The molecule has 0 radical (unpaired) electrons. The molecule has 0 saturated carbocycles.